The Hall–Kier alpha value is -0.220. The number of nitrogens with one attached hydrogen (secondary N) is 1. The van der Waals surface area contributed by atoms with Gasteiger partial charge in [0, 0.05) is 30.9 Å². The number of rotatable bonds is 3. The van der Waals surface area contributed by atoms with Crippen LogP contribution in [-0.2, 0) is 4.74 Å². The van der Waals surface area contributed by atoms with E-state index in [-0.39, 0.29) is 0 Å². The van der Waals surface area contributed by atoms with E-state index in [0.29, 0.717) is 18.1 Å². The number of aliphatic imine (C=N–C) groups is 1. The van der Waals surface area contributed by atoms with Crippen molar-refractivity contribution in [1.82, 2.24) is 5.32 Å². The van der Waals surface area contributed by atoms with Gasteiger partial charge in [0.1, 0.15) is 0 Å². The average molecular weight is 268 g/mol. The zero-order valence-corrected chi connectivity index (χ0v) is 12.0. The molecule has 3 nitrogen and oxygen atoms in total. The average Bonchev–Trinajstić information content (AvgIpc) is 3.04. The van der Waals surface area contributed by atoms with Crippen molar-refractivity contribution < 1.29 is 4.74 Å². The molecule has 4 heteroatoms. The van der Waals surface area contributed by atoms with E-state index in [1.165, 1.54) is 36.6 Å². The SMILES string of the molecule is CCC1OCCC1CN=C1NC2CCCC2CS1. The van der Waals surface area contributed by atoms with Crippen LogP contribution in [0.3, 0.4) is 0 Å². The summed E-state index contributed by atoms with van der Waals surface area (Å²) in [6.45, 7) is 4.09. The van der Waals surface area contributed by atoms with Crippen LogP contribution in [-0.4, -0.2) is 36.2 Å². The lowest BCUT2D eigenvalue weighted by molar-refractivity contribution is 0.0893. The summed E-state index contributed by atoms with van der Waals surface area (Å²) in [5, 5.41) is 4.84. The molecule has 2 saturated heterocycles. The third-order valence-corrected chi connectivity index (χ3v) is 5.74. The first-order chi connectivity index (χ1) is 8.86. The van der Waals surface area contributed by atoms with Crippen molar-refractivity contribution in [3.63, 3.8) is 0 Å². The predicted octanol–water partition coefficient (Wildman–Crippen LogP) is 2.66. The molecular weight excluding hydrogens is 244 g/mol. The van der Waals surface area contributed by atoms with Crippen LogP contribution < -0.4 is 5.32 Å². The normalized spacial score (nSPS) is 41.9. The Morgan fingerprint density at radius 1 is 1.39 bits per heavy atom. The van der Waals surface area contributed by atoms with Gasteiger partial charge in [-0.05, 0) is 31.6 Å². The molecular formula is C14H24N2OS. The molecule has 1 N–H and O–H groups in total. The molecule has 0 spiro atoms. The van der Waals surface area contributed by atoms with Gasteiger partial charge in [0.2, 0.25) is 0 Å². The number of hydrogen-bond donors (Lipinski definition) is 1. The highest BCUT2D eigenvalue weighted by molar-refractivity contribution is 8.13. The van der Waals surface area contributed by atoms with Crippen molar-refractivity contribution in [2.24, 2.45) is 16.8 Å². The number of thioether (sulfide) groups is 1. The fourth-order valence-corrected chi connectivity index (χ4v) is 4.63. The Labute approximate surface area is 114 Å². The molecule has 0 radical (unpaired) electrons. The fourth-order valence-electron chi connectivity index (χ4n) is 3.46. The van der Waals surface area contributed by atoms with Crippen LogP contribution in [0.5, 0.6) is 0 Å². The minimum atomic E-state index is 0.446. The molecule has 1 aliphatic carbocycles. The van der Waals surface area contributed by atoms with E-state index in [9.17, 15) is 0 Å². The molecule has 3 aliphatic rings. The predicted molar refractivity (Wildman–Crippen MR) is 77.2 cm³/mol. The highest BCUT2D eigenvalue weighted by atomic mass is 32.2. The molecule has 0 amide bonds. The van der Waals surface area contributed by atoms with E-state index in [4.69, 9.17) is 9.73 Å². The van der Waals surface area contributed by atoms with Gasteiger partial charge in [-0.1, -0.05) is 25.1 Å². The van der Waals surface area contributed by atoms with Crippen molar-refractivity contribution in [2.75, 3.05) is 18.9 Å². The summed E-state index contributed by atoms with van der Waals surface area (Å²) in [6, 6.07) is 0.715. The van der Waals surface area contributed by atoms with Crippen molar-refractivity contribution in [2.45, 2.75) is 51.2 Å². The van der Waals surface area contributed by atoms with Crippen LogP contribution in [0.25, 0.3) is 0 Å². The molecule has 0 bridgehead atoms. The van der Waals surface area contributed by atoms with Gasteiger partial charge in [0.15, 0.2) is 5.17 Å². The first kappa shape index (κ1) is 12.8. The molecule has 102 valence electrons. The van der Waals surface area contributed by atoms with E-state index < -0.39 is 0 Å². The molecule has 3 rings (SSSR count). The lowest BCUT2D eigenvalue weighted by atomic mass is 10.0. The Morgan fingerprint density at radius 3 is 3.22 bits per heavy atom. The Morgan fingerprint density at radius 2 is 2.33 bits per heavy atom. The Balaban J connectivity index is 1.53. The van der Waals surface area contributed by atoms with Gasteiger partial charge in [0.25, 0.3) is 0 Å². The van der Waals surface area contributed by atoms with Crippen LogP contribution in [0.2, 0.25) is 0 Å². The second-order valence-corrected chi connectivity index (χ2v) is 6.77. The molecule has 0 aromatic rings. The highest BCUT2D eigenvalue weighted by Crippen LogP contribution is 2.33. The number of amidine groups is 1. The molecule has 4 atom stereocenters. The maximum absolute atomic E-state index is 5.73. The monoisotopic (exact) mass is 268 g/mol. The van der Waals surface area contributed by atoms with Gasteiger partial charge < -0.3 is 10.1 Å². The summed E-state index contributed by atoms with van der Waals surface area (Å²) in [5.41, 5.74) is 0. The van der Waals surface area contributed by atoms with E-state index in [2.05, 4.69) is 12.2 Å². The minimum Gasteiger partial charge on any atom is -0.378 e. The Bertz CT molecular complexity index is 321. The molecule has 3 fully saturated rings. The van der Waals surface area contributed by atoms with Crippen LogP contribution >= 0.6 is 11.8 Å². The fraction of sp³-hybridized carbons (Fsp3) is 0.929. The number of ether oxygens (including phenoxy) is 1. The van der Waals surface area contributed by atoms with Gasteiger partial charge in [-0.15, -0.1) is 0 Å². The molecule has 4 unspecified atom stereocenters. The van der Waals surface area contributed by atoms with Gasteiger partial charge in [-0.2, -0.15) is 0 Å². The van der Waals surface area contributed by atoms with Crippen molar-refractivity contribution in [1.29, 1.82) is 0 Å². The summed E-state index contributed by atoms with van der Waals surface area (Å²) >= 11 is 1.93. The van der Waals surface area contributed by atoms with E-state index in [1.54, 1.807) is 0 Å². The quantitative estimate of drug-likeness (QED) is 0.854. The molecule has 2 heterocycles. The van der Waals surface area contributed by atoms with E-state index >= 15 is 0 Å². The number of nitrogens with zero attached hydrogens (tertiary/aromatic N) is 1. The molecule has 0 aromatic carbocycles. The van der Waals surface area contributed by atoms with E-state index in [1.807, 2.05) is 11.8 Å². The first-order valence-electron chi connectivity index (χ1n) is 7.42. The summed E-state index contributed by atoms with van der Waals surface area (Å²) < 4.78 is 5.73. The van der Waals surface area contributed by atoms with E-state index in [0.717, 1.165) is 25.5 Å². The third kappa shape index (κ3) is 2.69. The summed E-state index contributed by atoms with van der Waals surface area (Å²) in [4.78, 5) is 4.81. The largest absolute Gasteiger partial charge is 0.378 e. The smallest absolute Gasteiger partial charge is 0.156 e. The van der Waals surface area contributed by atoms with Crippen molar-refractivity contribution >= 4 is 16.9 Å². The Kier molecular flexibility index (Phi) is 4.14. The van der Waals surface area contributed by atoms with Crippen molar-refractivity contribution in [3.05, 3.63) is 0 Å². The molecule has 2 aliphatic heterocycles. The van der Waals surface area contributed by atoms with Gasteiger partial charge in [-0.25, -0.2) is 0 Å². The number of hydrogen-bond acceptors (Lipinski definition) is 3. The van der Waals surface area contributed by atoms with Crippen LogP contribution in [0.1, 0.15) is 39.0 Å². The van der Waals surface area contributed by atoms with Gasteiger partial charge in [-0.3, -0.25) is 4.99 Å². The highest BCUT2D eigenvalue weighted by Gasteiger charge is 2.32. The molecule has 18 heavy (non-hydrogen) atoms. The van der Waals surface area contributed by atoms with Gasteiger partial charge >= 0.3 is 0 Å². The maximum Gasteiger partial charge on any atom is 0.156 e. The summed E-state index contributed by atoms with van der Waals surface area (Å²) in [7, 11) is 0. The minimum absolute atomic E-state index is 0.446. The number of fused-ring (bicyclic) bond motifs is 1. The second-order valence-electron chi connectivity index (χ2n) is 5.76. The standard InChI is InChI=1S/C14H24N2OS/c1-2-13-10(6-7-17-13)8-15-14-16-12-5-3-4-11(12)9-18-14/h10-13H,2-9H2,1H3,(H,15,16). The summed E-state index contributed by atoms with van der Waals surface area (Å²) in [6.07, 6.45) is 6.90. The zero-order valence-electron chi connectivity index (χ0n) is 11.2. The lowest BCUT2D eigenvalue weighted by Crippen LogP contribution is -2.41. The van der Waals surface area contributed by atoms with Crippen molar-refractivity contribution in [3.8, 4) is 0 Å². The molecule has 1 saturated carbocycles. The van der Waals surface area contributed by atoms with Crippen LogP contribution in [0, 0.1) is 11.8 Å². The van der Waals surface area contributed by atoms with Crippen LogP contribution in [0.15, 0.2) is 4.99 Å². The zero-order chi connectivity index (χ0) is 12.4. The summed E-state index contributed by atoms with van der Waals surface area (Å²) in [5.74, 6) is 2.81. The van der Waals surface area contributed by atoms with Crippen LogP contribution in [0.4, 0.5) is 0 Å². The topological polar surface area (TPSA) is 33.6 Å². The lowest BCUT2D eigenvalue weighted by Gasteiger charge is -2.28. The molecule has 0 aromatic heterocycles. The second kappa shape index (κ2) is 5.83. The van der Waals surface area contributed by atoms with Gasteiger partial charge in [0.05, 0.1) is 6.10 Å². The third-order valence-electron chi connectivity index (χ3n) is 4.62. The first-order valence-corrected chi connectivity index (χ1v) is 8.40. The maximum atomic E-state index is 5.73.